The Morgan fingerprint density at radius 2 is 2.31 bits per heavy atom. The van der Waals surface area contributed by atoms with E-state index in [4.69, 9.17) is 11.6 Å². The van der Waals surface area contributed by atoms with Gasteiger partial charge in [-0.1, -0.05) is 30.7 Å². The number of rotatable bonds is 0. The highest BCUT2D eigenvalue weighted by Crippen LogP contribution is 2.40. The number of Topliss-reactive ketones (excluding diaryl/α,β-unsaturated/α-hetero) is 1. The first-order valence-corrected chi connectivity index (χ1v) is 5.17. The zero-order valence-electron chi connectivity index (χ0n) is 7.72. The topological polar surface area (TPSA) is 17.1 Å². The second kappa shape index (κ2) is 3.30. The standard InChI is InChI=1S/C11H13ClO/c1-7-4-2-3-5-8-9(7)6-10(13)11(8)12/h3,5,7,9H,2,4,6H2,1H3/t7-,9+/m0/s1. The second-order valence-electron chi connectivity index (χ2n) is 3.96. The van der Waals surface area contributed by atoms with Gasteiger partial charge >= 0.3 is 0 Å². The number of carbonyl (C=O) groups is 1. The van der Waals surface area contributed by atoms with Crippen LogP contribution >= 0.6 is 11.6 Å². The van der Waals surface area contributed by atoms with Gasteiger partial charge in [0.05, 0.1) is 5.03 Å². The lowest BCUT2D eigenvalue weighted by molar-refractivity contribution is -0.115. The highest BCUT2D eigenvalue weighted by molar-refractivity contribution is 6.44. The minimum absolute atomic E-state index is 0.125. The number of carbonyl (C=O) groups excluding carboxylic acids is 1. The first kappa shape index (κ1) is 9.01. The first-order valence-electron chi connectivity index (χ1n) is 4.79. The number of allylic oxidation sites excluding steroid dienone is 4. The van der Waals surface area contributed by atoms with Gasteiger partial charge in [-0.15, -0.1) is 0 Å². The molecule has 0 fully saturated rings. The molecule has 0 aromatic rings. The molecule has 0 bridgehead atoms. The molecule has 0 radical (unpaired) electrons. The molecule has 2 rings (SSSR count). The van der Waals surface area contributed by atoms with Crippen LogP contribution in [-0.4, -0.2) is 5.78 Å². The number of halogens is 1. The largest absolute Gasteiger partial charge is 0.293 e. The minimum Gasteiger partial charge on any atom is -0.293 e. The maximum absolute atomic E-state index is 11.4. The molecule has 0 spiro atoms. The van der Waals surface area contributed by atoms with Crippen molar-refractivity contribution in [2.45, 2.75) is 26.2 Å². The Hall–Kier alpha value is -0.560. The fourth-order valence-corrected chi connectivity index (χ4v) is 2.48. The van der Waals surface area contributed by atoms with Crippen molar-refractivity contribution in [1.29, 1.82) is 0 Å². The molecule has 0 unspecified atom stereocenters. The van der Waals surface area contributed by atoms with Crippen LogP contribution in [0.3, 0.4) is 0 Å². The molecule has 0 aromatic carbocycles. The summed E-state index contributed by atoms with van der Waals surface area (Å²) in [5.41, 5.74) is 1.08. The Morgan fingerprint density at radius 3 is 3.08 bits per heavy atom. The highest BCUT2D eigenvalue weighted by Gasteiger charge is 2.33. The average molecular weight is 197 g/mol. The van der Waals surface area contributed by atoms with E-state index in [1.54, 1.807) is 0 Å². The quantitative estimate of drug-likeness (QED) is 0.582. The van der Waals surface area contributed by atoms with Crippen molar-refractivity contribution in [3.05, 3.63) is 22.8 Å². The van der Waals surface area contributed by atoms with Gasteiger partial charge < -0.3 is 0 Å². The molecule has 70 valence electrons. The third-order valence-electron chi connectivity index (χ3n) is 3.08. The summed E-state index contributed by atoms with van der Waals surface area (Å²) in [7, 11) is 0. The van der Waals surface area contributed by atoms with E-state index in [9.17, 15) is 4.79 Å². The van der Waals surface area contributed by atoms with Crippen molar-refractivity contribution >= 4 is 17.4 Å². The Morgan fingerprint density at radius 1 is 1.54 bits per heavy atom. The zero-order valence-corrected chi connectivity index (χ0v) is 8.47. The third-order valence-corrected chi connectivity index (χ3v) is 3.51. The molecule has 0 saturated heterocycles. The SMILES string of the molecule is C[C@H]1CCC=CC2=C(Cl)C(=O)C[C@@H]21. The van der Waals surface area contributed by atoms with Gasteiger partial charge in [-0.25, -0.2) is 0 Å². The van der Waals surface area contributed by atoms with Crippen molar-refractivity contribution in [1.82, 2.24) is 0 Å². The van der Waals surface area contributed by atoms with Crippen LogP contribution in [0.25, 0.3) is 0 Å². The van der Waals surface area contributed by atoms with Gasteiger partial charge in [-0.3, -0.25) is 4.79 Å². The fraction of sp³-hybridized carbons (Fsp3) is 0.545. The molecule has 0 aliphatic heterocycles. The monoisotopic (exact) mass is 196 g/mol. The Bertz CT molecular complexity index is 301. The van der Waals surface area contributed by atoms with Crippen LogP contribution < -0.4 is 0 Å². The van der Waals surface area contributed by atoms with Gasteiger partial charge in [0.25, 0.3) is 0 Å². The van der Waals surface area contributed by atoms with Gasteiger partial charge in [-0.05, 0) is 30.3 Å². The van der Waals surface area contributed by atoms with E-state index in [-0.39, 0.29) is 5.78 Å². The first-order chi connectivity index (χ1) is 6.20. The number of fused-ring (bicyclic) bond motifs is 1. The van der Waals surface area contributed by atoms with Crippen molar-refractivity contribution < 1.29 is 4.79 Å². The van der Waals surface area contributed by atoms with E-state index in [0.29, 0.717) is 23.3 Å². The predicted molar refractivity (Wildman–Crippen MR) is 53.5 cm³/mol. The summed E-state index contributed by atoms with van der Waals surface area (Å²) in [6.45, 7) is 2.21. The van der Waals surface area contributed by atoms with E-state index in [1.165, 1.54) is 6.42 Å². The maximum atomic E-state index is 11.4. The van der Waals surface area contributed by atoms with Crippen LogP contribution in [0.15, 0.2) is 22.8 Å². The van der Waals surface area contributed by atoms with Crippen molar-refractivity contribution in [3.8, 4) is 0 Å². The van der Waals surface area contributed by atoms with Gasteiger partial charge in [0, 0.05) is 6.42 Å². The van der Waals surface area contributed by atoms with E-state index in [1.807, 2.05) is 6.08 Å². The summed E-state index contributed by atoms with van der Waals surface area (Å²) >= 11 is 5.95. The lowest BCUT2D eigenvalue weighted by atomic mass is 9.87. The van der Waals surface area contributed by atoms with Crippen molar-refractivity contribution in [3.63, 3.8) is 0 Å². The lowest BCUT2D eigenvalue weighted by Gasteiger charge is -2.17. The summed E-state index contributed by atoms with van der Waals surface area (Å²) in [4.78, 5) is 11.4. The van der Waals surface area contributed by atoms with E-state index in [0.717, 1.165) is 12.0 Å². The van der Waals surface area contributed by atoms with E-state index in [2.05, 4.69) is 13.0 Å². The maximum Gasteiger partial charge on any atom is 0.175 e. The fourth-order valence-electron chi connectivity index (χ4n) is 2.20. The lowest BCUT2D eigenvalue weighted by Crippen LogP contribution is -2.10. The number of ketones is 1. The smallest absolute Gasteiger partial charge is 0.175 e. The van der Waals surface area contributed by atoms with Crippen LogP contribution in [0.4, 0.5) is 0 Å². The molecule has 13 heavy (non-hydrogen) atoms. The minimum atomic E-state index is 0.125. The van der Waals surface area contributed by atoms with Crippen LogP contribution in [-0.2, 0) is 4.79 Å². The Labute approximate surface area is 83.5 Å². The molecule has 2 heteroatoms. The molecule has 0 aromatic heterocycles. The number of hydrogen-bond donors (Lipinski definition) is 0. The third kappa shape index (κ3) is 1.46. The molecule has 2 atom stereocenters. The summed E-state index contributed by atoms with van der Waals surface area (Å²) in [5, 5.41) is 0.481. The molecular formula is C11H13ClO. The van der Waals surface area contributed by atoms with Gasteiger partial charge in [0.1, 0.15) is 0 Å². The molecule has 0 heterocycles. The molecule has 0 saturated carbocycles. The molecule has 2 aliphatic rings. The summed E-state index contributed by atoms with van der Waals surface area (Å²) < 4.78 is 0. The van der Waals surface area contributed by atoms with Crippen LogP contribution in [0.1, 0.15) is 26.2 Å². The van der Waals surface area contributed by atoms with Crippen molar-refractivity contribution in [2.75, 3.05) is 0 Å². The van der Waals surface area contributed by atoms with Gasteiger partial charge in [0.2, 0.25) is 0 Å². The molecule has 2 aliphatic carbocycles. The summed E-state index contributed by atoms with van der Waals surface area (Å²) in [5.74, 6) is 1.10. The molecule has 0 N–H and O–H groups in total. The number of hydrogen-bond acceptors (Lipinski definition) is 1. The molecule has 1 nitrogen and oxygen atoms in total. The van der Waals surface area contributed by atoms with E-state index >= 15 is 0 Å². The van der Waals surface area contributed by atoms with E-state index < -0.39 is 0 Å². The normalized spacial score (nSPS) is 33.5. The van der Waals surface area contributed by atoms with Gasteiger partial charge in [-0.2, -0.15) is 0 Å². The Balaban J connectivity index is 2.39. The average Bonchev–Trinajstić information content (AvgIpc) is 2.30. The van der Waals surface area contributed by atoms with Crippen LogP contribution in [0.5, 0.6) is 0 Å². The second-order valence-corrected chi connectivity index (χ2v) is 4.34. The zero-order chi connectivity index (χ0) is 9.42. The van der Waals surface area contributed by atoms with Crippen LogP contribution in [0, 0.1) is 11.8 Å². The summed E-state index contributed by atoms with van der Waals surface area (Å²) in [6, 6.07) is 0. The van der Waals surface area contributed by atoms with Crippen molar-refractivity contribution in [2.24, 2.45) is 11.8 Å². The van der Waals surface area contributed by atoms with Crippen LogP contribution in [0.2, 0.25) is 0 Å². The molecular weight excluding hydrogens is 184 g/mol. The predicted octanol–water partition coefficient (Wildman–Crippen LogP) is 3.05. The van der Waals surface area contributed by atoms with Gasteiger partial charge in [0.15, 0.2) is 5.78 Å². The molecule has 0 amide bonds. The highest BCUT2D eigenvalue weighted by atomic mass is 35.5. The summed E-state index contributed by atoms with van der Waals surface area (Å²) in [6.07, 6.45) is 7.08. The Kier molecular flexibility index (Phi) is 2.29.